The van der Waals surface area contributed by atoms with Gasteiger partial charge in [0, 0.05) is 0 Å². The summed E-state index contributed by atoms with van der Waals surface area (Å²) in [6.07, 6.45) is -2.75. The summed E-state index contributed by atoms with van der Waals surface area (Å²) in [6, 6.07) is 5.85. The minimum absolute atomic E-state index is 0. The van der Waals surface area contributed by atoms with Crippen molar-refractivity contribution in [1.29, 1.82) is 0 Å². The molecule has 20 heavy (non-hydrogen) atoms. The number of para-hydroxylation sites is 2. The second-order valence-corrected chi connectivity index (χ2v) is 4.50. The van der Waals surface area contributed by atoms with Crippen LogP contribution in [0.4, 0.5) is 13.2 Å². The molecule has 0 saturated carbocycles. The smallest absolute Gasteiger partial charge is 0.489 e. The summed E-state index contributed by atoms with van der Waals surface area (Å²) in [5, 5.41) is 3.23. The summed E-state index contributed by atoms with van der Waals surface area (Å²) in [5.74, 6) is 0.225. The third-order valence-electron chi connectivity index (χ3n) is 3.01. The number of benzene rings is 1. The Kier molecular flexibility index (Phi) is 6.42. The van der Waals surface area contributed by atoms with Gasteiger partial charge in [-0.05, 0) is 44.0 Å². The van der Waals surface area contributed by atoms with E-state index in [0.717, 1.165) is 25.9 Å². The summed E-state index contributed by atoms with van der Waals surface area (Å²) in [4.78, 5) is 0. The van der Waals surface area contributed by atoms with E-state index in [-0.39, 0.29) is 23.9 Å². The zero-order valence-corrected chi connectivity index (χ0v) is 11.6. The molecular weight excluding hydrogens is 295 g/mol. The van der Waals surface area contributed by atoms with E-state index in [4.69, 9.17) is 4.74 Å². The molecule has 0 unspecified atom stereocenters. The van der Waals surface area contributed by atoms with Gasteiger partial charge >= 0.3 is 6.36 Å². The minimum Gasteiger partial charge on any atom is -0.489 e. The largest absolute Gasteiger partial charge is 0.573 e. The van der Waals surface area contributed by atoms with Crippen LogP contribution in [0.1, 0.15) is 12.8 Å². The van der Waals surface area contributed by atoms with Crippen LogP contribution in [0.25, 0.3) is 0 Å². The monoisotopic (exact) mass is 311 g/mol. The number of hydrogen-bond donors (Lipinski definition) is 1. The molecule has 1 saturated heterocycles. The summed E-state index contributed by atoms with van der Waals surface area (Å²) >= 11 is 0. The first-order chi connectivity index (χ1) is 9.04. The molecule has 0 radical (unpaired) electrons. The van der Waals surface area contributed by atoms with Crippen LogP contribution in [-0.4, -0.2) is 26.1 Å². The van der Waals surface area contributed by atoms with Crippen LogP contribution in [-0.2, 0) is 0 Å². The Morgan fingerprint density at radius 3 is 2.30 bits per heavy atom. The van der Waals surface area contributed by atoms with Gasteiger partial charge < -0.3 is 14.8 Å². The zero-order chi connectivity index (χ0) is 13.7. The molecule has 1 aromatic rings. The van der Waals surface area contributed by atoms with Crippen molar-refractivity contribution in [3.63, 3.8) is 0 Å². The Labute approximate surface area is 121 Å². The van der Waals surface area contributed by atoms with Gasteiger partial charge in [0.15, 0.2) is 11.5 Å². The normalized spacial score (nSPS) is 16.4. The van der Waals surface area contributed by atoms with Gasteiger partial charge in [-0.1, -0.05) is 12.1 Å². The minimum atomic E-state index is -4.70. The lowest BCUT2D eigenvalue weighted by Crippen LogP contribution is -2.30. The number of hydrogen-bond acceptors (Lipinski definition) is 3. The van der Waals surface area contributed by atoms with Crippen molar-refractivity contribution in [3.8, 4) is 11.5 Å². The van der Waals surface area contributed by atoms with Crippen LogP contribution in [0.2, 0.25) is 0 Å². The molecule has 114 valence electrons. The van der Waals surface area contributed by atoms with Gasteiger partial charge in [0.2, 0.25) is 0 Å². The van der Waals surface area contributed by atoms with E-state index in [9.17, 15) is 13.2 Å². The van der Waals surface area contributed by atoms with Gasteiger partial charge in [0.25, 0.3) is 0 Å². The lowest BCUT2D eigenvalue weighted by atomic mass is 9.99. The quantitative estimate of drug-likeness (QED) is 0.924. The average Bonchev–Trinajstić information content (AvgIpc) is 2.37. The molecule has 0 aromatic heterocycles. The molecule has 1 aliphatic heterocycles. The van der Waals surface area contributed by atoms with E-state index in [0.29, 0.717) is 12.5 Å². The molecule has 1 fully saturated rings. The van der Waals surface area contributed by atoms with Gasteiger partial charge in [0.05, 0.1) is 6.61 Å². The van der Waals surface area contributed by atoms with Gasteiger partial charge in [-0.25, -0.2) is 0 Å². The molecule has 0 amide bonds. The van der Waals surface area contributed by atoms with Crippen molar-refractivity contribution < 1.29 is 22.6 Å². The molecule has 2 rings (SSSR count). The highest BCUT2D eigenvalue weighted by Crippen LogP contribution is 2.32. The molecular formula is C13H17ClF3NO2. The van der Waals surface area contributed by atoms with Crippen molar-refractivity contribution in [1.82, 2.24) is 5.32 Å². The Balaban J connectivity index is 0.00000200. The van der Waals surface area contributed by atoms with E-state index in [1.807, 2.05) is 0 Å². The fraction of sp³-hybridized carbons (Fsp3) is 0.538. The topological polar surface area (TPSA) is 30.5 Å². The molecule has 1 N–H and O–H groups in total. The van der Waals surface area contributed by atoms with Gasteiger partial charge in [-0.2, -0.15) is 0 Å². The lowest BCUT2D eigenvalue weighted by molar-refractivity contribution is -0.275. The molecule has 7 heteroatoms. The lowest BCUT2D eigenvalue weighted by Gasteiger charge is -2.23. The van der Waals surface area contributed by atoms with Crippen molar-refractivity contribution in [2.24, 2.45) is 5.92 Å². The predicted octanol–water partition coefficient (Wildman–Crippen LogP) is 3.39. The Bertz CT molecular complexity index is 409. The molecule has 1 aliphatic rings. The molecule has 1 heterocycles. The maximum Gasteiger partial charge on any atom is 0.573 e. The SMILES string of the molecule is Cl.FC(F)(F)Oc1ccccc1OCC1CCNCC1. The first-order valence-corrected chi connectivity index (χ1v) is 6.23. The number of piperidine rings is 1. The van der Waals surface area contributed by atoms with Crippen LogP contribution in [0, 0.1) is 5.92 Å². The second-order valence-electron chi connectivity index (χ2n) is 4.50. The summed E-state index contributed by atoms with van der Waals surface area (Å²) in [5.41, 5.74) is 0. The van der Waals surface area contributed by atoms with Gasteiger partial charge in [-0.15, -0.1) is 25.6 Å². The first-order valence-electron chi connectivity index (χ1n) is 6.23. The van der Waals surface area contributed by atoms with Crippen LogP contribution in [0.3, 0.4) is 0 Å². The number of halogens is 4. The maximum absolute atomic E-state index is 12.2. The molecule has 0 atom stereocenters. The highest BCUT2D eigenvalue weighted by molar-refractivity contribution is 5.85. The highest BCUT2D eigenvalue weighted by Gasteiger charge is 2.32. The third kappa shape index (κ3) is 5.46. The molecule has 0 aliphatic carbocycles. The van der Waals surface area contributed by atoms with Crippen molar-refractivity contribution in [2.75, 3.05) is 19.7 Å². The number of rotatable bonds is 4. The molecule has 0 spiro atoms. The third-order valence-corrected chi connectivity index (χ3v) is 3.01. The van der Waals surface area contributed by atoms with E-state index in [1.165, 1.54) is 18.2 Å². The van der Waals surface area contributed by atoms with E-state index in [2.05, 4.69) is 10.1 Å². The van der Waals surface area contributed by atoms with Crippen molar-refractivity contribution in [3.05, 3.63) is 24.3 Å². The van der Waals surface area contributed by atoms with E-state index in [1.54, 1.807) is 6.07 Å². The van der Waals surface area contributed by atoms with Gasteiger partial charge in [-0.3, -0.25) is 0 Å². The van der Waals surface area contributed by atoms with E-state index < -0.39 is 6.36 Å². The standard InChI is InChI=1S/C13H16F3NO2.ClH/c14-13(15,16)19-12-4-2-1-3-11(12)18-9-10-5-7-17-8-6-10;/h1-4,10,17H,5-9H2;1H. The molecule has 0 bridgehead atoms. The van der Waals surface area contributed by atoms with Crippen LogP contribution in [0.15, 0.2) is 24.3 Å². The Morgan fingerprint density at radius 2 is 1.70 bits per heavy atom. The number of nitrogens with one attached hydrogen (secondary N) is 1. The number of alkyl halides is 3. The Morgan fingerprint density at radius 1 is 1.10 bits per heavy atom. The van der Waals surface area contributed by atoms with Crippen molar-refractivity contribution in [2.45, 2.75) is 19.2 Å². The average molecular weight is 312 g/mol. The second kappa shape index (κ2) is 7.59. The molecule has 1 aromatic carbocycles. The maximum atomic E-state index is 12.2. The van der Waals surface area contributed by atoms with Crippen LogP contribution in [0.5, 0.6) is 11.5 Å². The Hall–Kier alpha value is -1.14. The summed E-state index contributed by atoms with van der Waals surface area (Å²) in [7, 11) is 0. The van der Waals surface area contributed by atoms with Crippen LogP contribution >= 0.6 is 12.4 Å². The zero-order valence-electron chi connectivity index (χ0n) is 10.8. The fourth-order valence-electron chi connectivity index (χ4n) is 2.03. The van der Waals surface area contributed by atoms with Crippen LogP contribution < -0.4 is 14.8 Å². The molecule has 3 nitrogen and oxygen atoms in total. The first kappa shape index (κ1) is 16.9. The predicted molar refractivity (Wildman–Crippen MR) is 71.5 cm³/mol. The highest BCUT2D eigenvalue weighted by atomic mass is 35.5. The summed E-state index contributed by atoms with van der Waals surface area (Å²) in [6.45, 7) is 2.27. The van der Waals surface area contributed by atoms with E-state index >= 15 is 0 Å². The summed E-state index contributed by atoms with van der Waals surface area (Å²) < 4.78 is 46.1. The van der Waals surface area contributed by atoms with Gasteiger partial charge in [0.1, 0.15) is 0 Å². The van der Waals surface area contributed by atoms with Crippen molar-refractivity contribution >= 4 is 12.4 Å². The number of ether oxygens (including phenoxy) is 2. The fourth-order valence-corrected chi connectivity index (χ4v) is 2.03.